The van der Waals surface area contributed by atoms with Gasteiger partial charge in [-0.25, -0.2) is 0 Å². The lowest BCUT2D eigenvalue weighted by molar-refractivity contribution is -0.116. The molecule has 0 amide bonds. The van der Waals surface area contributed by atoms with E-state index in [1.807, 2.05) is 18.3 Å². The minimum atomic E-state index is 0.128. The summed E-state index contributed by atoms with van der Waals surface area (Å²) in [6.45, 7) is 1.61. The Labute approximate surface area is 165 Å². The summed E-state index contributed by atoms with van der Waals surface area (Å²) in [7, 11) is 0. The number of aromatic nitrogens is 3. The summed E-state index contributed by atoms with van der Waals surface area (Å²) in [4.78, 5) is 17.5. The third-order valence-corrected chi connectivity index (χ3v) is 5.99. The highest BCUT2D eigenvalue weighted by atomic mass is 32.1. The quantitative estimate of drug-likeness (QED) is 0.437. The van der Waals surface area contributed by atoms with E-state index in [-0.39, 0.29) is 5.78 Å². The second-order valence-electron chi connectivity index (χ2n) is 6.90. The minimum Gasteiger partial charge on any atom is -0.300 e. The van der Waals surface area contributed by atoms with Gasteiger partial charge in [-0.3, -0.25) is 14.9 Å². The Morgan fingerprint density at radius 3 is 2.82 bits per heavy atom. The molecule has 5 rings (SSSR count). The Morgan fingerprint density at radius 1 is 1.07 bits per heavy atom. The number of Topliss-reactive ketones (excluding diaryl/α,β-unsaturated/α-hetero) is 1. The van der Waals surface area contributed by atoms with Gasteiger partial charge in [0.05, 0.1) is 17.4 Å². The van der Waals surface area contributed by atoms with Crippen molar-refractivity contribution < 1.29 is 4.79 Å². The van der Waals surface area contributed by atoms with Crippen molar-refractivity contribution in [2.45, 2.75) is 13.3 Å². The summed E-state index contributed by atoms with van der Waals surface area (Å²) in [6, 6.07) is 18.7. The number of fused-ring (bicyclic) bond motifs is 2. The minimum absolute atomic E-state index is 0.128. The van der Waals surface area contributed by atoms with E-state index in [1.54, 1.807) is 24.5 Å². The summed E-state index contributed by atoms with van der Waals surface area (Å²) in [5, 5.41) is 9.65. The van der Waals surface area contributed by atoms with Crippen molar-refractivity contribution >= 4 is 38.1 Å². The van der Waals surface area contributed by atoms with Crippen LogP contribution in [0.5, 0.6) is 0 Å². The molecule has 28 heavy (non-hydrogen) atoms. The molecule has 2 aromatic carbocycles. The predicted octanol–water partition coefficient (Wildman–Crippen LogP) is 5.64. The first-order chi connectivity index (χ1) is 13.7. The van der Waals surface area contributed by atoms with Crippen LogP contribution in [0.25, 0.3) is 42.7 Å². The molecule has 0 aliphatic rings. The second kappa shape index (κ2) is 6.69. The van der Waals surface area contributed by atoms with Crippen molar-refractivity contribution in [3.8, 4) is 21.7 Å². The fourth-order valence-electron chi connectivity index (χ4n) is 3.61. The van der Waals surface area contributed by atoms with Crippen LogP contribution in [0.3, 0.4) is 0 Å². The molecule has 3 heterocycles. The van der Waals surface area contributed by atoms with Crippen LogP contribution in [0.4, 0.5) is 0 Å². The van der Waals surface area contributed by atoms with Crippen molar-refractivity contribution in [3.05, 3.63) is 72.6 Å². The molecule has 0 bridgehead atoms. The number of hydrogen-bond donors (Lipinski definition) is 1. The average Bonchev–Trinajstić information content (AvgIpc) is 3.33. The lowest BCUT2D eigenvalue weighted by atomic mass is 9.98. The van der Waals surface area contributed by atoms with Crippen LogP contribution in [0.1, 0.15) is 12.5 Å². The highest BCUT2D eigenvalue weighted by Gasteiger charge is 2.15. The smallest absolute Gasteiger partial charge is 0.134 e. The molecule has 0 unspecified atom stereocenters. The van der Waals surface area contributed by atoms with Crippen LogP contribution in [0.15, 0.2) is 67.0 Å². The van der Waals surface area contributed by atoms with E-state index in [1.165, 1.54) is 15.0 Å². The molecular formula is C23H17N3OS. The maximum atomic E-state index is 11.7. The number of pyridine rings is 1. The zero-order valence-corrected chi connectivity index (χ0v) is 16.1. The van der Waals surface area contributed by atoms with Gasteiger partial charge in [-0.15, -0.1) is 11.3 Å². The SMILES string of the molecule is CC(=O)Cc1cccnc1-c1cc(-c2cc3ccccc3s2)c2[nH]ncc2c1. The van der Waals surface area contributed by atoms with E-state index in [0.29, 0.717) is 6.42 Å². The number of hydrogen-bond acceptors (Lipinski definition) is 4. The first kappa shape index (κ1) is 16.8. The molecular weight excluding hydrogens is 366 g/mol. The summed E-state index contributed by atoms with van der Waals surface area (Å²) >= 11 is 1.77. The van der Waals surface area contributed by atoms with E-state index in [2.05, 4.69) is 57.6 Å². The molecule has 0 aliphatic heterocycles. The van der Waals surface area contributed by atoms with Gasteiger partial charge in [-0.1, -0.05) is 24.3 Å². The summed E-state index contributed by atoms with van der Waals surface area (Å²) < 4.78 is 1.26. The highest BCUT2D eigenvalue weighted by molar-refractivity contribution is 7.22. The van der Waals surface area contributed by atoms with E-state index in [9.17, 15) is 4.79 Å². The van der Waals surface area contributed by atoms with Gasteiger partial charge in [-0.2, -0.15) is 5.10 Å². The molecule has 1 N–H and O–H groups in total. The molecule has 0 fully saturated rings. The number of benzene rings is 2. The fraction of sp³-hybridized carbons (Fsp3) is 0.0870. The van der Waals surface area contributed by atoms with Gasteiger partial charge in [0, 0.05) is 38.7 Å². The molecule has 5 heteroatoms. The van der Waals surface area contributed by atoms with E-state index in [4.69, 9.17) is 0 Å². The number of nitrogens with one attached hydrogen (secondary N) is 1. The third kappa shape index (κ3) is 2.90. The molecule has 0 spiro atoms. The van der Waals surface area contributed by atoms with Crippen LogP contribution in [0.2, 0.25) is 0 Å². The maximum absolute atomic E-state index is 11.7. The van der Waals surface area contributed by atoms with E-state index in [0.717, 1.165) is 33.3 Å². The topological polar surface area (TPSA) is 58.6 Å². The van der Waals surface area contributed by atoms with Crippen LogP contribution in [-0.4, -0.2) is 21.0 Å². The molecule has 0 saturated carbocycles. The third-order valence-electron chi connectivity index (χ3n) is 4.84. The van der Waals surface area contributed by atoms with Gasteiger partial charge in [0.15, 0.2) is 0 Å². The Balaban J connectivity index is 1.74. The molecule has 136 valence electrons. The largest absolute Gasteiger partial charge is 0.300 e. The lowest BCUT2D eigenvalue weighted by Crippen LogP contribution is -2.00. The molecule has 0 radical (unpaired) electrons. The zero-order valence-electron chi connectivity index (χ0n) is 15.3. The van der Waals surface area contributed by atoms with E-state index < -0.39 is 0 Å². The van der Waals surface area contributed by atoms with Gasteiger partial charge in [0.2, 0.25) is 0 Å². The first-order valence-electron chi connectivity index (χ1n) is 9.09. The number of rotatable bonds is 4. The molecule has 0 aliphatic carbocycles. The normalized spacial score (nSPS) is 11.3. The van der Waals surface area contributed by atoms with Gasteiger partial charge >= 0.3 is 0 Å². The van der Waals surface area contributed by atoms with Crippen molar-refractivity contribution in [1.82, 2.24) is 15.2 Å². The Bertz CT molecular complexity index is 1300. The number of carbonyl (C=O) groups is 1. The Morgan fingerprint density at radius 2 is 1.96 bits per heavy atom. The van der Waals surface area contributed by atoms with Crippen molar-refractivity contribution in [2.75, 3.05) is 0 Å². The predicted molar refractivity (Wildman–Crippen MR) is 115 cm³/mol. The monoisotopic (exact) mass is 383 g/mol. The number of ketones is 1. The van der Waals surface area contributed by atoms with Crippen molar-refractivity contribution in [1.29, 1.82) is 0 Å². The average molecular weight is 383 g/mol. The number of H-pyrrole nitrogens is 1. The molecule has 0 saturated heterocycles. The summed E-state index contributed by atoms with van der Waals surface area (Å²) in [6.07, 6.45) is 3.99. The van der Waals surface area contributed by atoms with Crippen LogP contribution in [-0.2, 0) is 11.2 Å². The number of aromatic amines is 1. The van der Waals surface area contributed by atoms with Crippen molar-refractivity contribution in [2.24, 2.45) is 0 Å². The number of carbonyl (C=O) groups excluding carboxylic acids is 1. The molecule has 4 nitrogen and oxygen atoms in total. The van der Waals surface area contributed by atoms with Gasteiger partial charge in [0.1, 0.15) is 5.78 Å². The molecule has 0 atom stereocenters. The standard InChI is InChI=1S/C23H17N3OS/c1-14(27)9-16-6-4-8-24-22(16)17-10-18-13-25-26-23(18)19(11-17)21-12-15-5-2-3-7-20(15)28-21/h2-8,10-13H,9H2,1H3,(H,25,26). The van der Waals surface area contributed by atoms with Gasteiger partial charge in [0.25, 0.3) is 0 Å². The molecule has 3 aromatic heterocycles. The van der Waals surface area contributed by atoms with Gasteiger partial charge in [-0.05, 0) is 48.2 Å². The van der Waals surface area contributed by atoms with Crippen molar-refractivity contribution in [3.63, 3.8) is 0 Å². The summed E-state index contributed by atoms with van der Waals surface area (Å²) in [5.41, 5.74) is 4.91. The lowest BCUT2D eigenvalue weighted by Gasteiger charge is -2.10. The molecule has 5 aromatic rings. The first-order valence-corrected chi connectivity index (χ1v) is 9.90. The Kier molecular flexibility index (Phi) is 4.02. The number of nitrogens with zero attached hydrogens (tertiary/aromatic N) is 2. The van der Waals surface area contributed by atoms with Crippen LogP contribution >= 0.6 is 11.3 Å². The maximum Gasteiger partial charge on any atom is 0.134 e. The highest BCUT2D eigenvalue weighted by Crippen LogP contribution is 2.39. The van der Waals surface area contributed by atoms with E-state index >= 15 is 0 Å². The van der Waals surface area contributed by atoms with Crippen LogP contribution in [0, 0.1) is 0 Å². The number of thiophene rings is 1. The van der Waals surface area contributed by atoms with Crippen LogP contribution < -0.4 is 0 Å². The zero-order chi connectivity index (χ0) is 19.1. The summed E-state index contributed by atoms with van der Waals surface area (Å²) in [5.74, 6) is 0.128. The Hall–Kier alpha value is -3.31. The fourth-order valence-corrected chi connectivity index (χ4v) is 4.70. The van der Waals surface area contributed by atoms with Gasteiger partial charge < -0.3 is 0 Å². The second-order valence-corrected chi connectivity index (χ2v) is 7.98.